The van der Waals surface area contributed by atoms with Gasteiger partial charge in [-0.3, -0.25) is 4.99 Å². The molecule has 1 saturated heterocycles. The molecule has 0 aliphatic carbocycles. The Balaban J connectivity index is 1.82. The Morgan fingerprint density at radius 1 is 0.955 bits per heavy atom. The smallest absolute Gasteiger partial charge is 0.0991 e. The van der Waals surface area contributed by atoms with E-state index < -0.39 is 0 Å². The molecule has 2 aromatic carbocycles. The summed E-state index contributed by atoms with van der Waals surface area (Å²) in [5.74, 6) is 0. The fraction of sp³-hybridized carbons (Fsp3) is 0.263. The van der Waals surface area contributed by atoms with E-state index >= 15 is 0 Å². The van der Waals surface area contributed by atoms with Gasteiger partial charge in [0.05, 0.1) is 23.0 Å². The summed E-state index contributed by atoms with van der Waals surface area (Å²) < 4.78 is 0. The Bertz CT molecular complexity index is 689. The summed E-state index contributed by atoms with van der Waals surface area (Å²) in [4.78, 5) is 7.08. The molecule has 3 heteroatoms. The van der Waals surface area contributed by atoms with Crippen LogP contribution in [0.15, 0.2) is 53.5 Å². The lowest BCUT2D eigenvalue weighted by atomic mass is 10.1. The first-order valence-electron chi connectivity index (χ1n) is 7.75. The molecule has 1 aliphatic rings. The first kappa shape index (κ1) is 14.3. The summed E-state index contributed by atoms with van der Waals surface area (Å²) in [5.41, 5.74) is 3.90. The van der Waals surface area contributed by atoms with Crippen LogP contribution in [0, 0.1) is 11.3 Å². The van der Waals surface area contributed by atoms with Gasteiger partial charge in [0.15, 0.2) is 0 Å². The van der Waals surface area contributed by atoms with Gasteiger partial charge in [-0.1, -0.05) is 24.3 Å². The predicted octanol–water partition coefficient (Wildman–Crippen LogP) is 4.30. The van der Waals surface area contributed by atoms with Crippen molar-refractivity contribution in [3.05, 3.63) is 59.7 Å². The number of rotatable bonds is 3. The summed E-state index contributed by atoms with van der Waals surface area (Å²) in [6, 6.07) is 17.9. The molecular formula is C19H19N3. The molecular weight excluding hydrogens is 270 g/mol. The Hall–Kier alpha value is -2.60. The minimum absolute atomic E-state index is 0.672. The van der Waals surface area contributed by atoms with E-state index in [0.29, 0.717) is 5.56 Å². The van der Waals surface area contributed by atoms with Crippen LogP contribution < -0.4 is 4.90 Å². The van der Waals surface area contributed by atoms with E-state index in [1.807, 2.05) is 36.5 Å². The van der Waals surface area contributed by atoms with Gasteiger partial charge < -0.3 is 4.90 Å². The van der Waals surface area contributed by atoms with Crippen LogP contribution in [-0.4, -0.2) is 19.3 Å². The van der Waals surface area contributed by atoms with Crippen molar-refractivity contribution in [3.63, 3.8) is 0 Å². The van der Waals surface area contributed by atoms with E-state index in [-0.39, 0.29) is 0 Å². The van der Waals surface area contributed by atoms with E-state index in [0.717, 1.165) is 24.3 Å². The maximum Gasteiger partial charge on any atom is 0.0991 e. The monoisotopic (exact) mass is 289 g/mol. The van der Waals surface area contributed by atoms with Crippen LogP contribution in [0.2, 0.25) is 0 Å². The molecule has 0 amide bonds. The molecule has 1 aliphatic heterocycles. The van der Waals surface area contributed by atoms with Crippen LogP contribution in [0.5, 0.6) is 0 Å². The molecule has 0 atom stereocenters. The fourth-order valence-electron chi connectivity index (χ4n) is 2.76. The summed E-state index contributed by atoms with van der Waals surface area (Å²) in [6.45, 7) is 2.23. The average Bonchev–Trinajstić information content (AvgIpc) is 2.61. The average molecular weight is 289 g/mol. The molecule has 0 saturated carbocycles. The van der Waals surface area contributed by atoms with E-state index in [9.17, 15) is 0 Å². The van der Waals surface area contributed by atoms with E-state index in [1.54, 1.807) is 0 Å². The summed E-state index contributed by atoms with van der Waals surface area (Å²) in [5, 5.41) is 8.83. The first-order valence-corrected chi connectivity index (χ1v) is 7.75. The maximum atomic E-state index is 8.83. The lowest BCUT2D eigenvalue weighted by molar-refractivity contribution is 0.578. The van der Waals surface area contributed by atoms with Crippen molar-refractivity contribution < 1.29 is 0 Å². The number of nitriles is 1. The molecule has 2 aromatic rings. The number of nitrogens with zero attached hydrogens (tertiary/aromatic N) is 3. The van der Waals surface area contributed by atoms with E-state index in [1.165, 1.54) is 24.9 Å². The highest BCUT2D eigenvalue weighted by Crippen LogP contribution is 2.30. The molecule has 1 fully saturated rings. The highest BCUT2D eigenvalue weighted by molar-refractivity contribution is 5.84. The molecule has 0 N–H and O–H groups in total. The van der Waals surface area contributed by atoms with Gasteiger partial charge in [-0.05, 0) is 49.1 Å². The van der Waals surface area contributed by atoms with Crippen LogP contribution in [0.3, 0.4) is 0 Å². The van der Waals surface area contributed by atoms with Gasteiger partial charge in [0.2, 0.25) is 0 Å². The number of hydrogen-bond acceptors (Lipinski definition) is 3. The molecule has 0 unspecified atom stereocenters. The summed E-state index contributed by atoms with van der Waals surface area (Å²) in [6.07, 6.45) is 5.71. The Labute approximate surface area is 131 Å². The topological polar surface area (TPSA) is 39.4 Å². The van der Waals surface area contributed by atoms with Crippen LogP contribution in [0.4, 0.5) is 11.4 Å². The highest BCUT2D eigenvalue weighted by Gasteiger charge is 2.13. The van der Waals surface area contributed by atoms with Crippen molar-refractivity contribution in [2.75, 3.05) is 18.0 Å². The van der Waals surface area contributed by atoms with Crippen LogP contribution >= 0.6 is 0 Å². The van der Waals surface area contributed by atoms with Gasteiger partial charge in [-0.25, -0.2) is 0 Å². The number of aliphatic imine (C=N–C) groups is 1. The predicted molar refractivity (Wildman–Crippen MR) is 90.9 cm³/mol. The summed E-state index contributed by atoms with van der Waals surface area (Å²) in [7, 11) is 0. The Morgan fingerprint density at radius 3 is 2.41 bits per heavy atom. The zero-order valence-corrected chi connectivity index (χ0v) is 12.6. The van der Waals surface area contributed by atoms with Crippen molar-refractivity contribution in [1.29, 1.82) is 5.26 Å². The van der Waals surface area contributed by atoms with Gasteiger partial charge in [0.25, 0.3) is 0 Å². The third-order valence-electron chi connectivity index (χ3n) is 3.97. The van der Waals surface area contributed by atoms with E-state index in [2.05, 4.69) is 34.2 Å². The van der Waals surface area contributed by atoms with Crippen molar-refractivity contribution in [1.82, 2.24) is 0 Å². The van der Waals surface area contributed by atoms with Crippen LogP contribution in [0.1, 0.15) is 30.4 Å². The van der Waals surface area contributed by atoms with Crippen molar-refractivity contribution in [2.24, 2.45) is 4.99 Å². The van der Waals surface area contributed by atoms with Crippen molar-refractivity contribution in [2.45, 2.75) is 19.3 Å². The second kappa shape index (κ2) is 6.91. The Morgan fingerprint density at radius 2 is 1.68 bits per heavy atom. The van der Waals surface area contributed by atoms with Crippen molar-refractivity contribution >= 4 is 17.6 Å². The lowest BCUT2D eigenvalue weighted by Gasteiger charge is -2.29. The molecule has 0 spiro atoms. The fourth-order valence-corrected chi connectivity index (χ4v) is 2.76. The normalized spacial score (nSPS) is 15.0. The molecule has 3 rings (SSSR count). The van der Waals surface area contributed by atoms with Gasteiger partial charge in [0, 0.05) is 19.3 Å². The highest BCUT2D eigenvalue weighted by atomic mass is 15.1. The third-order valence-corrected chi connectivity index (χ3v) is 3.97. The van der Waals surface area contributed by atoms with Gasteiger partial charge in [-0.15, -0.1) is 0 Å². The van der Waals surface area contributed by atoms with Gasteiger partial charge in [-0.2, -0.15) is 5.26 Å². The second-order valence-corrected chi connectivity index (χ2v) is 5.53. The van der Waals surface area contributed by atoms with Crippen LogP contribution in [-0.2, 0) is 0 Å². The molecule has 22 heavy (non-hydrogen) atoms. The zero-order valence-electron chi connectivity index (χ0n) is 12.6. The van der Waals surface area contributed by atoms with Gasteiger partial charge >= 0.3 is 0 Å². The number of piperidine rings is 1. The van der Waals surface area contributed by atoms with Crippen molar-refractivity contribution in [3.8, 4) is 6.07 Å². The number of hydrogen-bond donors (Lipinski definition) is 0. The lowest BCUT2D eigenvalue weighted by Crippen LogP contribution is -2.29. The molecule has 110 valence electrons. The Kier molecular flexibility index (Phi) is 4.50. The first-order chi connectivity index (χ1) is 10.9. The zero-order chi connectivity index (χ0) is 15.2. The molecule has 0 radical (unpaired) electrons. The largest absolute Gasteiger partial charge is 0.370 e. The molecule has 0 bridgehead atoms. The number of benzene rings is 2. The SMILES string of the molecule is N#Cc1ccc(C=Nc2ccccc2N2CCCCC2)cc1. The molecule has 3 nitrogen and oxygen atoms in total. The van der Waals surface area contributed by atoms with Crippen LogP contribution in [0.25, 0.3) is 0 Å². The summed E-state index contributed by atoms with van der Waals surface area (Å²) >= 11 is 0. The third kappa shape index (κ3) is 3.35. The quantitative estimate of drug-likeness (QED) is 0.790. The van der Waals surface area contributed by atoms with Gasteiger partial charge in [0.1, 0.15) is 0 Å². The standard InChI is InChI=1S/C19H19N3/c20-14-16-8-10-17(11-9-16)15-21-18-6-2-3-7-19(18)22-12-4-1-5-13-22/h2-3,6-11,15H,1,4-5,12-13H2. The minimum Gasteiger partial charge on any atom is -0.370 e. The number of anilines is 1. The minimum atomic E-state index is 0.672. The second-order valence-electron chi connectivity index (χ2n) is 5.53. The number of para-hydroxylation sites is 2. The maximum absolute atomic E-state index is 8.83. The van der Waals surface area contributed by atoms with E-state index in [4.69, 9.17) is 5.26 Å². The molecule has 0 aromatic heterocycles. The molecule has 1 heterocycles.